The van der Waals surface area contributed by atoms with E-state index in [9.17, 15) is 9.90 Å². The van der Waals surface area contributed by atoms with Crippen LogP contribution >= 0.6 is 0 Å². The predicted molar refractivity (Wildman–Crippen MR) is 102 cm³/mol. The third-order valence-corrected chi connectivity index (χ3v) is 5.10. The molecular formula is C21H22N2O4. The van der Waals surface area contributed by atoms with E-state index in [1.807, 2.05) is 30.3 Å². The number of para-hydroxylation sites is 1. The number of imidazole rings is 1. The van der Waals surface area contributed by atoms with E-state index in [0.29, 0.717) is 17.3 Å². The zero-order valence-electron chi connectivity index (χ0n) is 15.0. The summed E-state index contributed by atoms with van der Waals surface area (Å²) in [6.07, 6.45) is 4.52. The number of hydrogen-bond acceptors (Lipinski definition) is 4. The molecule has 1 saturated carbocycles. The first-order chi connectivity index (χ1) is 13.2. The number of carboxylic acid groups (broad SMARTS) is 1. The van der Waals surface area contributed by atoms with Gasteiger partial charge in [-0.2, -0.15) is 0 Å². The summed E-state index contributed by atoms with van der Waals surface area (Å²) in [6.45, 7) is 0.152. The molecule has 1 aromatic heterocycles. The van der Waals surface area contributed by atoms with E-state index < -0.39 is 5.97 Å². The molecule has 1 heterocycles. The van der Waals surface area contributed by atoms with Crippen molar-refractivity contribution in [2.45, 2.75) is 31.7 Å². The van der Waals surface area contributed by atoms with Crippen LogP contribution in [0.3, 0.4) is 0 Å². The van der Waals surface area contributed by atoms with Gasteiger partial charge in [0.1, 0.15) is 18.2 Å². The molecule has 2 N–H and O–H groups in total. The number of benzene rings is 2. The first kappa shape index (κ1) is 17.5. The lowest BCUT2D eigenvalue weighted by Gasteiger charge is -2.18. The van der Waals surface area contributed by atoms with Crippen molar-refractivity contribution in [2.24, 2.45) is 0 Å². The summed E-state index contributed by atoms with van der Waals surface area (Å²) in [5.41, 5.74) is 2.70. The van der Waals surface area contributed by atoms with Gasteiger partial charge < -0.3 is 19.5 Å². The van der Waals surface area contributed by atoms with E-state index in [4.69, 9.17) is 14.8 Å². The van der Waals surface area contributed by atoms with Crippen LogP contribution in [0.5, 0.6) is 5.75 Å². The van der Waals surface area contributed by atoms with Gasteiger partial charge in [-0.1, -0.05) is 25.0 Å². The van der Waals surface area contributed by atoms with Crippen LogP contribution in [0.15, 0.2) is 42.5 Å². The summed E-state index contributed by atoms with van der Waals surface area (Å²) in [4.78, 5) is 16.2. The molecule has 1 aliphatic carbocycles. The summed E-state index contributed by atoms with van der Waals surface area (Å²) in [7, 11) is 0. The van der Waals surface area contributed by atoms with E-state index in [-0.39, 0.29) is 18.8 Å². The zero-order chi connectivity index (χ0) is 18.8. The maximum Gasteiger partial charge on any atom is 0.335 e. The van der Waals surface area contributed by atoms with Crippen molar-refractivity contribution in [3.8, 4) is 17.1 Å². The molecule has 0 aliphatic heterocycles. The van der Waals surface area contributed by atoms with Crippen LogP contribution in [0.1, 0.15) is 42.1 Å². The molecule has 1 fully saturated rings. The molecule has 2 aromatic carbocycles. The number of aromatic nitrogens is 2. The van der Waals surface area contributed by atoms with E-state index in [1.54, 1.807) is 12.1 Å². The van der Waals surface area contributed by atoms with E-state index in [1.165, 1.54) is 12.8 Å². The highest BCUT2D eigenvalue weighted by atomic mass is 16.5. The lowest BCUT2D eigenvalue weighted by molar-refractivity contribution is 0.0697. The molecule has 140 valence electrons. The molecule has 0 amide bonds. The third-order valence-electron chi connectivity index (χ3n) is 5.10. The maximum atomic E-state index is 11.4. The van der Waals surface area contributed by atoms with Crippen LogP contribution < -0.4 is 4.74 Å². The maximum absolute atomic E-state index is 11.4. The highest BCUT2D eigenvalue weighted by Gasteiger charge is 2.25. The number of hydrogen-bond donors (Lipinski definition) is 2. The molecule has 27 heavy (non-hydrogen) atoms. The minimum Gasteiger partial charge on any atom is -0.490 e. The van der Waals surface area contributed by atoms with Gasteiger partial charge in [-0.05, 0) is 43.2 Å². The summed E-state index contributed by atoms with van der Waals surface area (Å²) < 4.78 is 7.95. The number of ether oxygens (including phenoxy) is 1. The second kappa shape index (κ2) is 7.40. The molecule has 6 nitrogen and oxygen atoms in total. The van der Waals surface area contributed by atoms with E-state index in [0.717, 1.165) is 29.7 Å². The van der Waals surface area contributed by atoms with Crippen LogP contribution in [0.2, 0.25) is 0 Å². The summed E-state index contributed by atoms with van der Waals surface area (Å²) in [5.74, 6) is 0.494. The Morgan fingerprint density at radius 3 is 2.70 bits per heavy atom. The molecule has 3 aromatic rings. The zero-order valence-corrected chi connectivity index (χ0v) is 15.0. The number of carbonyl (C=O) groups is 1. The van der Waals surface area contributed by atoms with Crippen molar-refractivity contribution in [1.29, 1.82) is 0 Å². The first-order valence-corrected chi connectivity index (χ1v) is 9.27. The fourth-order valence-electron chi connectivity index (χ4n) is 3.89. The molecule has 0 unspecified atom stereocenters. The quantitative estimate of drug-likeness (QED) is 0.691. The molecule has 1 aliphatic rings. The normalized spacial score (nSPS) is 14.7. The Morgan fingerprint density at radius 1 is 1.19 bits per heavy atom. The summed E-state index contributed by atoms with van der Waals surface area (Å²) >= 11 is 0. The van der Waals surface area contributed by atoms with Crippen LogP contribution in [-0.2, 0) is 0 Å². The first-order valence-electron chi connectivity index (χ1n) is 9.27. The standard InChI is InChI=1S/C21H22N2O4/c24-11-12-27-19-8-4-3-7-16(19)20-22-17-13-14(21(25)26)9-10-18(17)23(20)15-5-1-2-6-15/h3-4,7-10,13,15,24H,1-2,5-6,11-12H2,(H,25,26). The van der Waals surface area contributed by atoms with Crippen molar-refractivity contribution in [3.63, 3.8) is 0 Å². The highest BCUT2D eigenvalue weighted by Crippen LogP contribution is 2.39. The minimum atomic E-state index is -0.958. The second-order valence-electron chi connectivity index (χ2n) is 6.82. The number of nitrogens with zero attached hydrogens (tertiary/aromatic N) is 2. The fraction of sp³-hybridized carbons (Fsp3) is 0.333. The summed E-state index contributed by atoms with van der Waals surface area (Å²) in [6, 6.07) is 13.1. The van der Waals surface area contributed by atoms with Crippen molar-refractivity contribution in [2.75, 3.05) is 13.2 Å². The fourth-order valence-corrected chi connectivity index (χ4v) is 3.89. The van der Waals surface area contributed by atoms with E-state index >= 15 is 0 Å². The number of aliphatic hydroxyl groups is 1. The summed E-state index contributed by atoms with van der Waals surface area (Å²) in [5, 5.41) is 18.4. The largest absolute Gasteiger partial charge is 0.490 e. The molecule has 0 spiro atoms. The third kappa shape index (κ3) is 3.28. The Balaban J connectivity index is 1.91. The monoisotopic (exact) mass is 366 g/mol. The van der Waals surface area contributed by atoms with Gasteiger partial charge in [-0.3, -0.25) is 0 Å². The van der Waals surface area contributed by atoms with Gasteiger partial charge in [0.05, 0.1) is 28.8 Å². The number of aromatic carboxylic acids is 1. The predicted octanol–water partition coefficient (Wildman–Crippen LogP) is 3.89. The molecular weight excluding hydrogens is 344 g/mol. The molecule has 0 bridgehead atoms. The Bertz CT molecular complexity index is 973. The van der Waals surface area contributed by atoms with Crippen molar-refractivity contribution >= 4 is 17.0 Å². The second-order valence-corrected chi connectivity index (χ2v) is 6.82. The number of carboxylic acids is 1. The Hall–Kier alpha value is -2.86. The van der Waals surface area contributed by atoms with Gasteiger partial charge in [-0.15, -0.1) is 0 Å². The Morgan fingerprint density at radius 2 is 1.96 bits per heavy atom. The lowest BCUT2D eigenvalue weighted by Crippen LogP contribution is -2.08. The van der Waals surface area contributed by atoms with Crippen LogP contribution in [0.25, 0.3) is 22.4 Å². The smallest absolute Gasteiger partial charge is 0.335 e. The molecule has 6 heteroatoms. The van der Waals surface area contributed by atoms with Gasteiger partial charge >= 0.3 is 5.97 Å². The molecule has 0 atom stereocenters. The Labute approximate surface area is 157 Å². The van der Waals surface area contributed by atoms with Crippen molar-refractivity contribution < 1.29 is 19.7 Å². The van der Waals surface area contributed by atoms with Crippen LogP contribution in [0.4, 0.5) is 0 Å². The number of fused-ring (bicyclic) bond motifs is 1. The van der Waals surface area contributed by atoms with Gasteiger partial charge in [0.2, 0.25) is 0 Å². The van der Waals surface area contributed by atoms with Gasteiger partial charge in [0, 0.05) is 6.04 Å². The lowest BCUT2D eigenvalue weighted by atomic mass is 10.1. The number of rotatable bonds is 6. The molecule has 4 rings (SSSR count). The average molecular weight is 366 g/mol. The van der Waals surface area contributed by atoms with E-state index in [2.05, 4.69) is 4.57 Å². The average Bonchev–Trinajstić information content (AvgIpc) is 3.33. The van der Waals surface area contributed by atoms with Gasteiger partial charge in [-0.25, -0.2) is 9.78 Å². The molecule has 0 saturated heterocycles. The molecule has 0 radical (unpaired) electrons. The van der Waals surface area contributed by atoms with Crippen molar-refractivity contribution in [1.82, 2.24) is 9.55 Å². The van der Waals surface area contributed by atoms with Gasteiger partial charge in [0.15, 0.2) is 0 Å². The SMILES string of the molecule is O=C(O)c1ccc2c(c1)nc(-c1ccccc1OCCO)n2C1CCCC1. The van der Waals surface area contributed by atoms with Crippen LogP contribution in [0, 0.1) is 0 Å². The minimum absolute atomic E-state index is 0.0602. The number of aliphatic hydroxyl groups excluding tert-OH is 1. The van der Waals surface area contributed by atoms with Crippen LogP contribution in [-0.4, -0.2) is 38.9 Å². The Kier molecular flexibility index (Phi) is 4.81. The highest BCUT2D eigenvalue weighted by molar-refractivity contribution is 5.93. The van der Waals surface area contributed by atoms with Gasteiger partial charge in [0.25, 0.3) is 0 Å². The van der Waals surface area contributed by atoms with Crippen molar-refractivity contribution in [3.05, 3.63) is 48.0 Å². The topological polar surface area (TPSA) is 84.6 Å².